The van der Waals surface area contributed by atoms with Crippen LogP contribution in [0.5, 0.6) is 17.2 Å². The Morgan fingerprint density at radius 1 is 0.931 bits per heavy atom. The number of hydrogen-bond acceptors (Lipinski definition) is 8. The number of nitro benzene ring substituents is 1. The summed E-state index contributed by atoms with van der Waals surface area (Å²) in [7, 11) is 4.66. The van der Waals surface area contributed by atoms with Crippen molar-refractivity contribution in [1.82, 2.24) is 0 Å². The number of nitrogens with one attached hydrogen (secondary N) is 1. The zero-order valence-electron chi connectivity index (χ0n) is 15.9. The van der Waals surface area contributed by atoms with Crippen LogP contribution in [-0.4, -0.2) is 48.4 Å². The summed E-state index contributed by atoms with van der Waals surface area (Å²) >= 11 is 0. The first kappa shape index (κ1) is 23.0. The van der Waals surface area contributed by atoms with Crippen LogP contribution in [0, 0.1) is 10.1 Å². The highest BCUT2D eigenvalue weighted by atomic mass is 16.6. The van der Waals surface area contributed by atoms with Crippen LogP contribution in [0.3, 0.4) is 0 Å². The number of benzene rings is 2. The average molecular weight is 408 g/mol. The summed E-state index contributed by atoms with van der Waals surface area (Å²) in [4.78, 5) is 28.6. The Bertz CT molecular complexity index is 872. The highest BCUT2D eigenvalue weighted by molar-refractivity contribution is 6.27. The minimum Gasteiger partial charge on any atom is -0.495 e. The van der Waals surface area contributed by atoms with Gasteiger partial charge in [-0.2, -0.15) is 0 Å². The Morgan fingerprint density at radius 2 is 1.48 bits per heavy atom. The molecule has 0 heterocycles. The van der Waals surface area contributed by atoms with E-state index in [0.717, 1.165) is 5.56 Å². The average Bonchev–Trinajstić information content (AvgIpc) is 2.71. The number of ether oxygens (including phenoxy) is 3. The van der Waals surface area contributed by atoms with Gasteiger partial charge in [0.1, 0.15) is 5.75 Å². The molecule has 11 nitrogen and oxygen atoms in total. The Labute approximate surface area is 165 Å². The molecule has 0 radical (unpaired) electrons. The topological polar surface area (TPSA) is 157 Å². The highest BCUT2D eigenvalue weighted by Crippen LogP contribution is 2.31. The van der Waals surface area contributed by atoms with E-state index in [2.05, 4.69) is 5.32 Å². The second-order valence-electron chi connectivity index (χ2n) is 5.29. The number of carboxylic acids is 2. The van der Waals surface area contributed by atoms with Crippen LogP contribution >= 0.6 is 0 Å². The van der Waals surface area contributed by atoms with Gasteiger partial charge in [-0.05, 0) is 23.8 Å². The number of rotatable bonds is 7. The van der Waals surface area contributed by atoms with Crippen molar-refractivity contribution >= 4 is 23.3 Å². The maximum atomic E-state index is 10.9. The van der Waals surface area contributed by atoms with E-state index in [1.54, 1.807) is 26.4 Å². The quantitative estimate of drug-likeness (QED) is 0.353. The molecule has 0 saturated carbocycles. The van der Waals surface area contributed by atoms with Gasteiger partial charge in [0, 0.05) is 18.7 Å². The van der Waals surface area contributed by atoms with Gasteiger partial charge in [0.2, 0.25) is 0 Å². The first-order chi connectivity index (χ1) is 13.7. The van der Waals surface area contributed by atoms with Crippen molar-refractivity contribution in [2.75, 3.05) is 26.6 Å². The van der Waals surface area contributed by atoms with Gasteiger partial charge in [-0.3, -0.25) is 10.1 Å². The van der Waals surface area contributed by atoms with Crippen molar-refractivity contribution in [3.05, 3.63) is 52.1 Å². The molecule has 0 fully saturated rings. The number of hydrogen-bond donors (Lipinski definition) is 3. The van der Waals surface area contributed by atoms with Crippen LogP contribution in [0.4, 0.5) is 11.4 Å². The van der Waals surface area contributed by atoms with E-state index in [9.17, 15) is 10.1 Å². The first-order valence-electron chi connectivity index (χ1n) is 7.96. The van der Waals surface area contributed by atoms with Crippen molar-refractivity contribution in [3.8, 4) is 17.2 Å². The third-order valence-electron chi connectivity index (χ3n) is 3.51. The standard InChI is InChI=1S/C16H18N2O5.C2H2O4/c1-21-14-7-5-12(18(19)20)9-13(14)17-10-11-4-6-15(22-2)16(8-11)23-3;3-1(4)2(5)6/h4-9,17H,10H2,1-3H3;(H,3,4)(H,5,6). The predicted molar refractivity (Wildman–Crippen MR) is 102 cm³/mol. The van der Waals surface area contributed by atoms with Crippen molar-refractivity contribution in [1.29, 1.82) is 0 Å². The molecule has 2 aromatic carbocycles. The molecular weight excluding hydrogens is 388 g/mol. The zero-order valence-corrected chi connectivity index (χ0v) is 15.9. The third-order valence-corrected chi connectivity index (χ3v) is 3.51. The molecule has 11 heteroatoms. The van der Waals surface area contributed by atoms with Crippen LogP contribution in [0.15, 0.2) is 36.4 Å². The van der Waals surface area contributed by atoms with E-state index >= 15 is 0 Å². The second-order valence-corrected chi connectivity index (χ2v) is 5.29. The SMILES string of the molecule is COc1ccc([N+](=O)[O-])cc1NCc1ccc(OC)c(OC)c1.O=C(O)C(=O)O. The molecule has 0 unspecified atom stereocenters. The lowest BCUT2D eigenvalue weighted by atomic mass is 10.2. The van der Waals surface area contributed by atoms with Crippen LogP contribution in [0.1, 0.15) is 5.56 Å². The maximum absolute atomic E-state index is 10.9. The summed E-state index contributed by atoms with van der Waals surface area (Å²) < 4.78 is 15.7. The predicted octanol–water partition coefficient (Wildman–Crippen LogP) is 2.39. The number of aliphatic carboxylic acids is 2. The molecule has 0 aliphatic heterocycles. The molecule has 156 valence electrons. The number of nitrogens with zero attached hydrogens (tertiary/aromatic N) is 1. The fourth-order valence-corrected chi connectivity index (χ4v) is 2.14. The number of non-ortho nitro benzene ring substituents is 1. The van der Waals surface area contributed by atoms with E-state index < -0.39 is 16.9 Å². The summed E-state index contributed by atoms with van der Waals surface area (Å²) in [5.74, 6) is -1.84. The number of nitro groups is 1. The maximum Gasteiger partial charge on any atom is 0.414 e. The number of carboxylic acid groups (broad SMARTS) is 2. The molecule has 0 bridgehead atoms. The van der Waals surface area contributed by atoms with E-state index in [0.29, 0.717) is 29.5 Å². The van der Waals surface area contributed by atoms with Gasteiger partial charge >= 0.3 is 11.9 Å². The monoisotopic (exact) mass is 408 g/mol. The minimum atomic E-state index is -1.82. The normalized spacial score (nSPS) is 9.48. The highest BCUT2D eigenvalue weighted by Gasteiger charge is 2.12. The van der Waals surface area contributed by atoms with Crippen molar-refractivity contribution in [3.63, 3.8) is 0 Å². The molecule has 0 atom stereocenters. The zero-order chi connectivity index (χ0) is 22.0. The van der Waals surface area contributed by atoms with E-state index in [-0.39, 0.29) is 5.69 Å². The molecule has 0 aliphatic carbocycles. The van der Waals surface area contributed by atoms with E-state index in [4.69, 9.17) is 34.0 Å². The number of methoxy groups -OCH3 is 3. The second kappa shape index (κ2) is 11.0. The number of carbonyl (C=O) groups is 2. The Morgan fingerprint density at radius 3 is 1.97 bits per heavy atom. The third kappa shape index (κ3) is 6.90. The van der Waals surface area contributed by atoms with Gasteiger partial charge in [-0.15, -0.1) is 0 Å². The van der Waals surface area contributed by atoms with Crippen LogP contribution in [-0.2, 0) is 16.1 Å². The lowest BCUT2D eigenvalue weighted by Crippen LogP contribution is -2.09. The molecule has 0 aromatic heterocycles. The van der Waals surface area contributed by atoms with Crippen molar-refractivity contribution < 1.29 is 38.9 Å². The van der Waals surface area contributed by atoms with Crippen molar-refractivity contribution in [2.45, 2.75) is 6.54 Å². The molecule has 2 aromatic rings. The van der Waals surface area contributed by atoms with Gasteiger partial charge < -0.3 is 29.7 Å². The molecular formula is C18H20N2O9. The fraction of sp³-hybridized carbons (Fsp3) is 0.222. The van der Waals surface area contributed by atoms with E-state index in [1.165, 1.54) is 19.2 Å². The lowest BCUT2D eigenvalue weighted by Gasteiger charge is -2.13. The van der Waals surface area contributed by atoms with Gasteiger partial charge in [-0.25, -0.2) is 9.59 Å². The summed E-state index contributed by atoms with van der Waals surface area (Å²) in [6.45, 7) is 0.456. The summed E-state index contributed by atoms with van der Waals surface area (Å²) in [5, 5.41) is 28.8. The summed E-state index contributed by atoms with van der Waals surface area (Å²) in [5.41, 5.74) is 1.49. The van der Waals surface area contributed by atoms with Crippen LogP contribution in [0.25, 0.3) is 0 Å². The molecule has 2 rings (SSSR count). The smallest absolute Gasteiger partial charge is 0.414 e. The Balaban J connectivity index is 0.000000612. The largest absolute Gasteiger partial charge is 0.495 e. The van der Waals surface area contributed by atoms with Gasteiger partial charge in [0.15, 0.2) is 11.5 Å². The molecule has 0 spiro atoms. The molecule has 0 aliphatic rings. The molecule has 0 amide bonds. The molecule has 3 N–H and O–H groups in total. The Hall–Kier alpha value is -4.02. The van der Waals surface area contributed by atoms with Crippen molar-refractivity contribution in [2.24, 2.45) is 0 Å². The first-order valence-corrected chi connectivity index (χ1v) is 7.96. The Kier molecular flexibility index (Phi) is 8.71. The molecule has 29 heavy (non-hydrogen) atoms. The van der Waals surface area contributed by atoms with Crippen LogP contribution in [0.2, 0.25) is 0 Å². The summed E-state index contributed by atoms with van der Waals surface area (Å²) in [6.07, 6.45) is 0. The van der Waals surface area contributed by atoms with Crippen LogP contribution < -0.4 is 19.5 Å². The van der Waals surface area contributed by atoms with E-state index in [1.807, 2.05) is 12.1 Å². The molecule has 0 saturated heterocycles. The number of anilines is 1. The van der Waals surface area contributed by atoms with Gasteiger partial charge in [-0.1, -0.05) is 6.07 Å². The minimum absolute atomic E-state index is 0.000566. The van der Waals surface area contributed by atoms with Gasteiger partial charge in [0.05, 0.1) is 31.9 Å². The lowest BCUT2D eigenvalue weighted by molar-refractivity contribution is -0.384. The van der Waals surface area contributed by atoms with Gasteiger partial charge in [0.25, 0.3) is 5.69 Å². The fourth-order valence-electron chi connectivity index (χ4n) is 2.14. The summed E-state index contributed by atoms with van der Waals surface area (Å²) in [6, 6.07) is 9.95.